The smallest absolute Gasteiger partial charge is 0.370 e. The first-order valence-corrected chi connectivity index (χ1v) is 11.8. The lowest BCUT2D eigenvalue weighted by molar-refractivity contribution is -0.137. The number of amides is 1. The van der Waals surface area contributed by atoms with E-state index >= 15 is 0 Å². The van der Waals surface area contributed by atoms with Gasteiger partial charge in [0.15, 0.2) is 0 Å². The third kappa shape index (κ3) is 4.15. The Hall–Kier alpha value is -2.39. The van der Waals surface area contributed by atoms with Crippen molar-refractivity contribution in [1.82, 2.24) is 14.5 Å². The van der Waals surface area contributed by atoms with E-state index in [1.54, 1.807) is 11.3 Å². The van der Waals surface area contributed by atoms with E-state index in [0.717, 1.165) is 43.4 Å². The normalized spacial score (nSPS) is 20.3. The Bertz CT molecular complexity index is 1100. The van der Waals surface area contributed by atoms with Gasteiger partial charge in [0.25, 0.3) is 0 Å². The third-order valence-corrected chi connectivity index (χ3v) is 7.11. The summed E-state index contributed by atoms with van der Waals surface area (Å²) in [4.78, 5) is 19.2. The number of imidazole rings is 1. The number of hydrogen-bond donors (Lipinski definition) is 0. The maximum Gasteiger partial charge on any atom is 0.416 e. The van der Waals surface area contributed by atoms with E-state index in [0.29, 0.717) is 43.0 Å². The highest BCUT2D eigenvalue weighted by molar-refractivity contribution is 7.08. The Balaban J connectivity index is 1.40. The standard InChI is InChI=1S/C23H24F3N3O2S/c24-23(25,26)16-3-4-19-18(13-16)27-22(20-2-1-10-31-20)29(19)17-5-8-28(9-6-17)21(30)12-15-7-11-32-14-15/h3-4,7,11,13-14,17,20H,1-2,5-6,8-10,12H2. The number of fused-ring (bicyclic) bond motifs is 1. The fourth-order valence-corrected chi connectivity index (χ4v) is 5.41. The van der Waals surface area contributed by atoms with Crippen LogP contribution in [-0.4, -0.2) is 40.1 Å². The first-order chi connectivity index (χ1) is 15.4. The monoisotopic (exact) mass is 463 g/mol. The summed E-state index contributed by atoms with van der Waals surface area (Å²) in [7, 11) is 0. The molecule has 0 radical (unpaired) electrons. The molecule has 1 atom stereocenters. The molecule has 0 spiro atoms. The van der Waals surface area contributed by atoms with Crippen molar-refractivity contribution in [2.24, 2.45) is 0 Å². The van der Waals surface area contributed by atoms with Crippen molar-refractivity contribution in [2.75, 3.05) is 19.7 Å². The molecule has 0 saturated carbocycles. The first kappa shape index (κ1) is 21.5. The largest absolute Gasteiger partial charge is 0.416 e. The van der Waals surface area contributed by atoms with Crippen LogP contribution in [0.15, 0.2) is 35.0 Å². The van der Waals surface area contributed by atoms with Crippen LogP contribution >= 0.6 is 11.3 Å². The number of likely N-dealkylation sites (tertiary alicyclic amines) is 1. The number of thiophene rings is 1. The van der Waals surface area contributed by atoms with Gasteiger partial charge in [0.05, 0.1) is 23.0 Å². The predicted octanol–water partition coefficient (Wildman–Crippen LogP) is 5.37. The molecule has 1 aromatic carbocycles. The van der Waals surface area contributed by atoms with E-state index in [1.807, 2.05) is 21.7 Å². The average molecular weight is 464 g/mol. The van der Waals surface area contributed by atoms with E-state index in [1.165, 1.54) is 6.07 Å². The van der Waals surface area contributed by atoms with E-state index < -0.39 is 11.7 Å². The summed E-state index contributed by atoms with van der Waals surface area (Å²) in [5, 5.41) is 3.96. The van der Waals surface area contributed by atoms with Crippen LogP contribution in [0.2, 0.25) is 0 Å². The quantitative estimate of drug-likeness (QED) is 0.522. The summed E-state index contributed by atoms with van der Waals surface area (Å²) < 4.78 is 47.6. The van der Waals surface area contributed by atoms with E-state index in [9.17, 15) is 18.0 Å². The zero-order valence-corrected chi connectivity index (χ0v) is 18.3. The van der Waals surface area contributed by atoms with Gasteiger partial charge in [-0.2, -0.15) is 24.5 Å². The maximum absolute atomic E-state index is 13.2. The van der Waals surface area contributed by atoms with Crippen LogP contribution in [0.3, 0.4) is 0 Å². The van der Waals surface area contributed by atoms with Gasteiger partial charge in [-0.1, -0.05) is 0 Å². The Labute approximate surface area is 187 Å². The lowest BCUT2D eigenvalue weighted by Gasteiger charge is -2.34. The van der Waals surface area contributed by atoms with Crippen molar-refractivity contribution in [2.45, 2.75) is 50.4 Å². The van der Waals surface area contributed by atoms with Gasteiger partial charge >= 0.3 is 6.18 Å². The van der Waals surface area contributed by atoms with Crippen molar-refractivity contribution < 1.29 is 22.7 Å². The molecule has 5 rings (SSSR count). The van der Waals surface area contributed by atoms with Crippen molar-refractivity contribution in [3.05, 3.63) is 52.0 Å². The SMILES string of the molecule is O=C(Cc1ccsc1)N1CCC(n2c(C3CCCO3)nc3cc(C(F)(F)F)ccc32)CC1. The molecule has 1 amide bonds. The number of halogens is 3. The van der Waals surface area contributed by atoms with Crippen LogP contribution in [-0.2, 0) is 22.1 Å². The van der Waals surface area contributed by atoms with Gasteiger partial charge in [-0.3, -0.25) is 4.79 Å². The predicted molar refractivity (Wildman–Crippen MR) is 116 cm³/mol. The molecule has 32 heavy (non-hydrogen) atoms. The van der Waals surface area contributed by atoms with Crippen LogP contribution in [0.5, 0.6) is 0 Å². The van der Waals surface area contributed by atoms with Gasteiger partial charge < -0.3 is 14.2 Å². The number of piperidine rings is 1. The maximum atomic E-state index is 13.2. The molecule has 2 fully saturated rings. The van der Waals surface area contributed by atoms with Gasteiger partial charge in [0, 0.05) is 25.7 Å². The zero-order valence-electron chi connectivity index (χ0n) is 17.5. The highest BCUT2D eigenvalue weighted by Crippen LogP contribution is 2.38. The molecule has 2 saturated heterocycles. The molecule has 3 aromatic rings. The van der Waals surface area contributed by atoms with Gasteiger partial charge in [-0.05, 0) is 66.3 Å². The second-order valence-electron chi connectivity index (χ2n) is 8.46. The van der Waals surface area contributed by atoms with Gasteiger partial charge in [-0.15, -0.1) is 0 Å². The summed E-state index contributed by atoms with van der Waals surface area (Å²) in [6.07, 6.45) is -0.997. The number of aromatic nitrogens is 2. The molecule has 5 nitrogen and oxygen atoms in total. The number of rotatable bonds is 4. The molecule has 9 heteroatoms. The summed E-state index contributed by atoms with van der Waals surface area (Å²) >= 11 is 1.58. The highest BCUT2D eigenvalue weighted by atomic mass is 32.1. The summed E-state index contributed by atoms with van der Waals surface area (Å²) in [5.74, 6) is 0.825. The number of hydrogen-bond acceptors (Lipinski definition) is 4. The number of carbonyl (C=O) groups excluding carboxylic acids is 1. The number of nitrogens with zero attached hydrogens (tertiary/aromatic N) is 3. The zero-order chi connectivity index (χ0) is 22.3. The second kappa shape index (κ2) is 8.51. The molecular weight excluding hydrogens is 439 g/mol. The topological polar surface area (TPSA) is 47.4 Å². The minimum atomic E-state index is -4.41. The highest BCUT2D eigenvalue weighted by Gasteiger charge is 2.34. The van der Waals surface area contributed by atoms with Gasteiger partial charge in [-0.25, -0.2) is 4.98 Å². The van der Waals surface area contributed by atoms with Crippen molar-refractivity contribution in [1.29, 1.82) is 0 Å². The fourth-order valence-electron chi connectivity index (χ4n) is 4.74. The number of benzene rings is 1. The second-order valence-corrected chi connectivity index (χ2v) is 9.24. The van der Waals surface area contributed by atoms with E-state index in [2.05, 4.69) is 9.55 Å². The number of carbonyl (C=O) groups is 1. The van der Waals surface area contributed by atoms with Crippen molar-refractivity contribution in [3.63, 3.8) is 0 Å². The Morgan fingerprint density at radius 1 is 1.19 bits per heavy atom. The summed E-state index contributed by atoms with van der Waals surface area (Å²) in [6.45, 7) is 1.88. The molecule has 170 valence electrons. The lowest BCUT2D eigenvalue weighted by atomic mass is 10.0. The number of ether oxygens (including phenoxy) is 1. The molecule has 0 aliphatic carbocycles. The molecule has 1 unspecified atom stereocenters. The van der Waals surface area contributed by atoms with Crippen LogP contribution in [0.25, 0.3) is 11.0 Å². The Kier molecular flexibility index (Phi) is 5.71. The molecule has 2 aliphatic heterocycles. The van der Waals surface area contributed by atoms with Crippen LogP contribution in [0.1, 0.15) is 54.8 Å². The molecule has 0 N–H and O–H groups in total. The lowest BCUT2D eigenvalue weighted by Crippen LogP contribution is -2.40. The van der Waals surface area contributed by atoms with E-state index in [-0.39, 0.29) is 18.1 Å². The van der Waals surface area contributed by atoms with Crippen molar-refractivity contribution in [3.8, 4) is 0 Å². The summed E-state index contributed by atoms with van der Waals surface area (Å²) in [6, 6.07) is 5.82. The van der Waals surface area contributed by atoms with Crippen molar-refractivity contribution >= 4 is 28.3 Å². The van der Waals surface area contributed by atoms with Crippen LogP contribution in [0.4, 0.5) is 13.2 Å². The van der Waals surface area contributed by atoms with Crippen LogP contribution in [0, 0.1) is 0 Å². The molecule has 2 aromatic heterocycles. The summed E-state index contributed by atoms with van der Waals surface area (Å²) in [5.41, 5.74) is 1.39. The minimum absolute atomic E-state index is 0.0705. The fraction of sp³-hybridized carbons (Fsp3) is 0.478. The minimum Gasteiger partial charge on any atom is -0.370 e. The van der Waals surface area contributed by atoms with Gasteiger partial charge in [0.1, 0.15) is 11.9 Å². The molecular formula is C23H24F3N3O2S. The molecule has 2 aliphatic rings. The van der Waals surface area contributed by atoms with Crippen LogP contribution < -0.4 is 0 Å². The Morgan fingerprint density at radius 3 is 2.66 bits per heavy atom. The Morgan fingerprint density at radius 2 is 2.00 bits per heavy atom. The third-order valence-electron chi connectivity index (χ3n) is 6.38. The van der Waals surface area contributed by atoms with E-state index in [4.69, 9.17) is 4.74 Å². The average Bonchev–Trinajstić information content (AvgIpc) is 3.53. The van der Waals surface area contributed by atoms with Gasteiger partial charge in [0.2, 0.25) is 5.91 Å². The molecule has 0 bridgehead atoms. The molecule has 4 heterocycles. The number of alkyl halides is 3. The first-order valence-electron chi connectivity index (χ1n) is 10.9.